The maximum Gasteiger partial charge on any atom is 0.226 e. The lowest BCUT2D eigenvalue weighted by molar-refractivity contribution is -0.116. The number of carbonyl (C=O) groups excluding carboxylic acids is 1. The molecule has 0 saturated heterocycles. The predicted molar refractivity (Wildman–Crippen MR) is 97.4 cm³/mol. The molecule has 0 aromatic heterocycles. The van der Waals surface area contributed by atoms with Gasteiger partial charge in [-0.2, -0.15) is 0 Å². The molecule has 0 unspecified atom stereocenters. The third-order valence-corrected chi connectivity index (χ3v) is 3.59. The molecule has 0 aliphatic carbocycles. The van der Waals surface area contributed by atoms with Gasteiger partial charge in [0.1, 0.15) is 11.5 Å². The maximum atomic E-state index is 12.1. The third kappa shape index (κ3) is 5.06. The molecular formula is C18H21ClN2O3. The van der Waals surface area contributed by atoms with Crippen LogP contribution in [-0.2, 0) is 4.79 Å². The van der Waals surface area contributed by atoms with Crippen LogP contribution in [0.2, 0.25) is 5.02 Å². The Morgan fingerprint density at radius 1 is 1.17 bits per heavy atom. The quantitative estimate of drug-likeness (QED) is 0.751. The molecule has 0 aliphatic rings. The first kappa shape index (κ1) is 17.9. The zero-order valence-electron chi connectivity index (χ0n) is 13.8. The minimum Gasteiger partial charge on any atom is -0.495 e. The molecular weight excluding hydrogens is 328 g/mol. The van der Waals surface area contributed by atoms with Crippen LogP contribution in [0.25, 0.3) is 0 Å². The number of ether oxygens (including phenoxy) is 2. The first-order valence-corrected chi connectivity index (χ1v) is 8.11. The van der Waals surface area contributed by atoms with Crippen molar-refractivity contribution >= 4 is 28.9 Å². The summed E-state index contributed by atoms with van der Waals surface area (Å²) < 4.78 is 10.6. The molecule has 0 saturated carbocycles. The molecule has 0 heterocycles. The van der Waals surface area contributed by atoms with E-state index in [1.807, 2.05) is 37.3 Å². The molecule has 0 fully saturated rings. The number of amides is 1. The summed E-state index contributed by atoms with van der Waals surface area (Å²) in [4.78, 5) is 12.1. The smallest absolute Gasteiger partial charge is 0.226 e. The Morgan fingerprint density at radius 2 is 1.96 bits per heavy atom. The number of halogens is 1. The molecule has 0 radical (unpaired) electrons. The summed E-state index contributed by atoms with van der Waals surface area (Å²) in [6.45, 7) is 2.94. The molecule has 24 heavy (non-hydrogen) atoms. The van der Waals surface area contributed by atoms with Gasteiger partial charge in [-0.25, -0.2) is 0 Å². The first-order valence-electron chi connectivity index (χ1n) is 7.73. The number of para-hydroxylation sites is 2. The Kier molecular flexibility index (Phi) is 6.75. The van der Waals surface area contributed by atoms with E-state index in [0.717, 1.165) is 5.69 Å². The Labute approximate surface area is 146 Å². The molecule has 0 aliphatic heterocycles. The van der Waals surface area contributed by atoms with E-state index >= 15 is 0 Å². The highest BCUT2D eigenvalue weighted by Gasteiger charge is 2.07. The van der Waals surface area contributed by atoms with Crippen LogP contribution in [0, 0.1) is 0 Å². The molecule has 128 valence electrons. The SMILES string of the molecule is CCOc1ccccc1NC(=O)CCNc1ccc(OC)c(Cl)c1. The monoisotopic (exact) mass is 348 g/mol. The molecule has 0 atom stereocenters. The van der Waals surface area contributed by atoms with E-state index in [4.69, 9.17) is 21.1 Å². The second-order valence-electron chi connectivity index (χ2n) is 5.00. The Hall–Kier alpha value is -2.40. The van der Waals surface area contributed by atoms with E-state index in [-0.39, 0.29) is 5.91 Å². The fraction of sp³-hybridized carbons (Fsp3) is 0.278. The summed E-state index contributed by atoms with van der Waals surface area (Å²) in [6, 6.07) is 12.8. The second kappa shape index (κ2) is 9.03. The van der Waals surface area contributed by atoms with Crippen LogP contribution in [0.3, 0.4) is 0 Å². The van der Waals surface area contributed by atoms with Crippen LogP contribution < -0.4 is 20.1 Å². The zero-order chi connectivity index (χ0) is 17.4. The van der Waals surface area contributed by atoms with Crippen molar-refractivity contribution in [3.8, 4) is 11.5 Å². The number of anilines is 2. The average molecular weight is 349 g/mol. The van der Waals surface area contributed by atoms with Gasteiger partial charge < -0.3 is 20.1 Å². The molecule has 2 N–H and O–H groups in total. The van der Waals surface area contributed by atoms with Crippen molar-refractivity contribution in [2.45, 2.75) is 13.3 Å². The summed E-state index contributed by atoms with van der Waals surface area (Å²) in [6.07, 6.45) is 0.324. The van der Waals surface area contributed by atoms with Crippen LogP contribution in [0.1, 0.15) is 13.3 Å². The number of methoxy groups -OCH3 is 1. The van der Waals surface area contributed by atoms with Crippen molar-refractivity contribution in [3.63, 3.8) is 0 Å². The predicted octanol–water partition coefficient (Wildman–Crippen LogP) is 4.19. The van der Waals surface area contributed by atoms with Gasteiger partial charge in [0, 0.05) is 18.7 Å². The maximum absolute atomic E-state index is 12.1. The fourth-order valence-corrected chi connectivity index (χ4v) is 2.42. The highest BCUT2D eigenvalue weighted by atomic mass is 35.5. The lowest BCUT2D eigenvalue weighted by atomic mass is 10.2. The summed E-state index contributed by atoms with van der Waals surface area (Å²) >= 11 is 6.07. The van der Waals surface area contributed by atoms with Crippen molar-refractivity contribution in [2.24, 2.45) is 0 Å². The van der Waals surface area contributed by atoms with Crippen LogP contribution in [0.5, 0.6) is 11.5 Å². The van der Waals surface area contributed by atoms with E-state index in [1.54, 1.807) is 19.2 Å². The van der Waals surface area contributed by atoms with Gasteiger partial charge >= 0.3 is 0 Å². The number of hydrogen-bond donors (Lipinski definition) is 2. The lowest BCUT2D eigenvalue weighted by Crippen LogP contribution is -2.16. The Bertz CT molecular complexity index is 692. The van der Waals surface area contributed by atoms with E-state index in [1.165, 1.54) is 0 Å². The normalized spacial score (nSPS) is 10.1. The Balaban J connectivity index is 1.84. The molecule has 0 bridgehead atoms. The molecule has 2 aromatic rings. The lowest BCUT2D eigenvalue weighted by Gasteiger charge is -2.12. The van der Waals surface area contributed by atoms with Gasteiger partial charge in [0.25, 0.3) is 0 Å². The number of benzene rings is 2. The minimum absolute atomic E-state index is 0.0886. The van der Waals surface area contributed by atoms with Crippen molar-refractivity contribution in [1.29, 1.82) is 0 Å². The third-order valence-electron chi connectivity index (χ3n) is 3.29. The highest BCUT2D eigenvalue weighted by Crippen LogP contribution is 2.27. The fourth-order valence-electron chi connectivity index (χ4n) is 2.16. The van der Waals surface area contributed by atoms with Crippen molar-refractivity contribution < 1.29 is 14.3 Å². The van der Waals surface area contributed by atoms with Gasteiger partial charge in [0.2, 0.25) is 5.91 Å². The van der Waals surface area contributed by atoms with Gasteiger partial charge in [-0.15, -0.1) is 0 Å². The number of hydrogen-bond acceptors (Lipinski definition) is 4. The van der Waals surface area contributed by atoms with E-state index < -0.39 is 0 Å². The summed E-state index contributed by atoms with van der Waals surface area (Å²) in [5.41, 5.74) is 1.51. The van der Waals surface area contributed by atoms with E-state index in [9.17, 15) is 4.79 Å². The van der Waals surface area contributed by atoms with Crippen LogP contribution in [-0.4, -0.2) is 26.2 Å². The van der Waals surface area contributed by atoms with Crippen molar-refractivity contribution in [1.82, 2.24) is 0 Å². The first-order chi connectivity index (χ1) is 11.6. The zero-order valence-corrected chi connectivity index (χ0v) is 14.5. The molecule has 5 nitrogen and oxygen atoms in total. The van der Waals surface area contributed by atoms with Gasteiger partial charge in [-0.05, 0) is 37.3 Å². The summed E-state index contributed by atoms with van der Waals surface area (Å²) in [7, 11) is 1.57. The molecule has 2 rings (SSSR count). The second-order valence-corrected chi connectivity index (χ2v) is 5.41. The van der Waals surface area contributed by atoms with Crippen LogP contribution >= 0.6 is 11.6 Å². The topological polar surface area (TPSA) is 59.6 Å². The van der Waals surface area contributed by atoms with E-state index in [2.05, 4.69) is 10.6 Å². The van der Waals surface area contributed by atoms with Crippen LogP contribution in [0.4, 0.5) is 11.4 Å². The average Bonchev–Trinajstić information content (AvgIpc) is 2.57. The van der Waals surface area contributed by atoms with Crippen molar-refractivity contribution in [3.05, 3.63) is 47.5 Å². The minimum atomic E-state index is -0.0886. The number of rotatable bonds is 8. The van der Waals surface area contributed by atoms with Gasteiger partial charge in [0.15, 0.2) is 0 Å². The van der Waals surface area contributed by atoms with Gasteiger partial charge in [-0.3, -0.25) is 4.79 Å². The Morgan fingerprint density at radius 3 is 2.67 bits per heavy atom. The molecule has 2 aromatic carbocycles. The molecule has 0 spiro atoms. The van der Waals surface area contributed by atoms with Gasteiger partial charge in [-0.1, -0.05) is 23.7 Å². The molecule has 1 amide bonds. The largest absolute Gasteiger partial charge is 0.495 e. The van der Waals surface area contributed by atoms with E-state index in [0.29, 0.717) is 41.8 Å². The summed E-state index contributed by atoms with van der Waals surface area (Å²) in [5.74, 6) is 1.20. The molecule has 6 heteroatoms. The highest BCUT2D eigenvalue weighted by molar-refractivity contribution is 6.32. The number of nitrogens with one attached hydrogen (secondary N) is 2. The number of carbonyl (C=O) groups is 1. The van der Waals surface area contributed by atoms with Crippen molar-refractivity contribution in [2.75, 3.05) is 30.9 Å². The summed E-state index contributed by atoms with van der Waals surface area (Å²) in [5, 5.41) is 6.55. The standard InChI is InChI=1S/C18H21ClN2O3/c1-3-24-17-7-5-4-6-15(17)21-18(22)10-11-20-13-8-9-16(23-2)14(19)12-13/h4-9,12,20H,3,10-11H2,1-2H3,(H,21,22). The van der Waals surface area contributed by atoms with Gasteiger partial charge in [0.05, 0.1) is 24.4 Å². The van der Waals surface area contributed by atoms with Crippen LogP contribution in [0.15, 0.2) is 42.5 Å².